The molecule has 1 aromatic carbocycles. The normalized spacial score (nSPS) is 10.3. The smallest absolute Gasteiger partial charge is 0.340 e. The number of rotatable bonds is 7. The van der Waals surface area contributed by atoms with E-state index in [0.717, 1.165) is 5.69 Å². The van der Waals surface area contributed by atoms with Gasteiger partial charge in [0.1, 0.15) is 17.3 Å². The lowest BCUT2D eigenvalue weighted by Gasteiger charge is -2.11. The summed E-state index contributed by atoms with van der Waals surface area (Å²) in [5, 5.41) is 5.86. The van der Waals surface area contributed by atoms with Crippen LogP contribution in [0.3, 0.4) is 0 Å². The van der Waals surface area contributed by atoms with Crippen LogP contribution in [0.2, 0.25) is 0 Å². The number of aryl methyl sites for hydroxylation is 1. The number of benzene rings is 1. The lowest BCUT2D eigenvalue weighted by atomic mass is 10.1. The minimum absolute atomic E-state index is 0.180. The zero-order valence-corrected chi connectivity index (χ0v) is 16.2. The minimum Gasteiger partial charge on any atom is -0.462 e. The van der Waals surface area contributed by atoms with Crippen LogP contribution in [0.4, 0.5) is 11.5 Å². The Hall–Kier alpha value is -3.81. The summed E-state index contributed by atoms with van der Waals surface area (Å²) < 4.78 is 5.04. The van der Waals surface area contributed by atoms with Crippen LogP contribution in [0.1, 0.15) is 39.3 Å². The highest BCUT2D eigenvalue weighted by molar-refractivity contribution is 6.07. The molecule has 148 valence electrons. The second-order valence-electron chi connectivity index (χ2n) is 6.08. The SMILES string of the molecule is CCOC(=O)c1ccccc1NC(=O)c1cc(NCc2ccccn2)nc(C)n1. The first-order valence-electron chi connectivity index (χ1n) is 9.13. The number of carbonyl (C=O) groups excluding carboxylic acids is 2. The number of anilines is 2. The summed E-state index contributed by atoms with van der Waals surface area (Å²) in [6, 6.07) is 13.8. The van der Waals surface area contributed by atoms with Crippen LogP contribution in [-0.4, -0.2) is 33.4 Å². The van der Waals surface area contributed by atoms with E-state index in [-0.39, 0.29) is 17.9 Å². The summed E-state index contributed by atoms with van der Waals surface area (Å²) >= 11 is 0. The standard InChI is InChI=1S/C21H21N5O3/c1-3-29-21(28)16-9-4-5-10-17(16)26-20(27)18-12-19(25-14(2)24-18)23-13-15-8-6-7-11-22-15/h4-12H,3,13H2,1-2H3,(H,26,27)(H,23,24,25). The molecular weight excluding hydrogens is 370 g/mol. The predicted molar refractivity (Wildman–Crippen MR) is 109 cm³/mol. The quantitative estimate of drug-likeness (QED) is 0.596. The summed E-state index contributed by atoms with van der Waals surface area (Å²) in [6.07, 6.45) is 1.71. The van der Waals surface area contributed by atoms with E-state index in [1.807, 2.05) is 18.2 Å². The van der Waals surface area contributed by atoms with Gasteiger partial charge in [0.05, 0.1) is 30.1 Å². The third kappa shape index (κ3) is 5.35. The number of hydrogen-bond donors (Lipinski definition) is 2. The summed E-state index contributed by atoms with van der Waals surface area (Å²) in [4.78, 5) is 37.6. The number of aromatic nitrogens is 3. The third-order valence-corrected chi connectivity index (χ3v) is 3.92. The molecule has 8 nitrogen and oxygen atoms in total. The molecule has 2 aromatic heterocycles. The van der Waals surface area contributed by atoms with Crippen LogP contribution >= 0.6 is 0 Å². The molecule has 8 heteroatoms. The van der Waals surface area contributed by atoms with Gasteiger partial charge < -0.3 is 15.4 Å². The number of esters is 1. The second kappa shape index (κ2) is 9.41. The fraction of sp³-hybridized carbons (Fsp3) is 0.190. The van der Waals surface area contributed by atoms with Crippen molar-refractivity contribution < 1.29 is 14.3 Å². The van der Waals surface area contributed by atoms with Crippen molar-refractivity contribution in [2.75, 3.05) is 17.2 Å². The maximum atomic E-state index is 12.7. The maximum absolute atomic E-state index is 12.7. The van der Waals surface area contributed by atoms with Crippen molar-refractivity contribution >= 4 is 23.4 Å². The number of ether oxygens (including phenoxy) is 1. The number of nitrogens with zero attached hydrogens (tertiary/aromatic N) is 3. The maximum Gasteiger partial charge on any atom is 0.340 e. The van der Waals surface area contributed by atoms with Gasteiger partial charge in [-0.15, -0.1) is 0 Å². The molecule has 0 aliphatic carbocycles. The zero-order valence-electron chi connectivity index (χ0n) is 16.2. The van der Waals surface area contributed by atoms with Crippen molar-refractivity contribution in [1.82, 2.24) is 15.0 Å². The van der Waals surface area contributed by atoms with Gasteiger partial charge in [-0.05, 0) is 38.1 Å². The van der Waals surface area contributed by atoms with Crippen LogP contribution in [0.15, 0.2) is 54.7 Å². The molecule has 1 amide bonds. The van der Waals surface area contributed by atoms with Crippen molar-refractivity contribution in [3.8, 4) is 0 Å². The Morgan fingerprint density at radius 3 is 2.62 bits per heavy atom. The average Bonchev–Trinajstić information content (AvgIpc) is 2.73. The van der Waals surface area contributed by atoms with E-state index in [0.29, 0.717) is 23.9 Å². The van der Waals surface area contributed by atoms with E-state index < -0.39 is 11.9 Å². The topological polar surface area (TPSA) is 106 Å². The van der Waals surface area contributed by atoms with E-state index in [9.17, 15) is 9.59 Å². The molecule has 0 radical (unpaired) electrons. The lowest BCUT2D eigenvalue weighted by molar-refractivity contribution is 0.0527. The molecule has 2 heterocycles. The van der Waals surface area contributed by atoms with Crippen LogP contribution < -0.4 is 10.6 Å². The number of para-hydroxylation sites is 1. The molecule has 3 rings (SSSR count). The first-order valence-corrected chi connectivity index (χ1v) is 9.13. The Balaban J connectivity index is 1.76. The van der Waals surface area contributed by atoms with E-state index in [1.165, 1.54) is 0 Å². The molecule has 3 aromatic rings. The lowest BCUT2D eigenvalue weighted by Crippen LogP contribution is -2.18. The second-order valence-corrected chi connectivity index (χ2v) is 6.08. The fourth-order valence-corrected chi connectivity index (χ4v) is 2.62. The summed E-state index contributed by atoms with van der Waals surface area (Å²) in [5.41, 5.74) is 1.66. The molecule has 0 bridgehead atoms. The van der Waals surface area contributed by atoms with Crippen LogP contribution in [0, 0.1) is 6.92 Å². The molecule has 0 aliphatic rings. The zero-order chi connectivity index (χ0) is 20.6. The van der Waals surface area contributed by atoms with Crippen molar-refractivity contribution in [2.24, 2.45) is 0 Å². The van der Waals surface area contributed by atoms with Crippen molar-refractivity contribution in [3.05, 3.63) is 77.5 Å². The molecule has 0 atom stereocenters. The Bertz CT molecular complexity index is 1010. The van der Waals surface area contributed by atoms with Gasteiger partial charge in [-0.2, -0.15) is 0 Å². The van der Waals surface area contributed by atoms with Gasteiger partial charge in [0.15, 0.2) is 0 Å². The van der Waals surface area contributed by atoms with Gasteiger partial charge in [0.25, 0.3) is 5.91 Å². The summed E-state index contributed by atoms with van der Waals surface area (Å²) in [7, 11) is 0. The molecule has 0 aliphatic heterocycles. The first kappa shape index (κ1) is 19.9. The molecule has 0 unspecified atom stereocenters. The van der Waals surface area contributed by atoms with E-state index in [2.05, 4.69) is 25.6 Å². The third-order valence-electron chi connectivity index (χ3n) is 3.92. The Morgan fingerprint density at radius 1 is 1.07 bits per heavy atom. The van der Waals surface area contributed by atoms with Gasteiger partial charge in [-0.3, -0.25) is 9.78 Å². The Morgan fingerprint density at radius 2 is 1.86 bits per heavy atom. The first-order chi connectivity index (χ1) is 14.1. The Kier molecular flexibility index (Phi) is 6.47. The summed E-state index contributed by atoms with van der Waals surface area (Å²) in [5.74, 6) is -0.0000471. The number of pyridine rings is 1. The van der Waals surface area contributed by atoms with Gasteiger partial charge >= 0.3 is 5.97 Å². The van der Waals surface area contributed by atoms with E-state index in [1.54, 1.807) is 50.4 Å². The molecule has 29 heavy (non-hydrogen) atoms. The van der Waals surface area contributed by atoms with Crippen molar-refractivity contribution in [2.45, 2.75) is 20.4 Å². The molecule has 2 N–H and O–H groups in total. The summed E-state index contributed by atoms with van der Waals surface area (Å²) in [6.45, 7) is 4.14. The monoisotopic (exact) mass is 391 g/mol. The van der Waals surface area contributed by atoms with Gasteiger partial charge in [-0.1, -0.05) is 18.2 Å². The van der Waals surface area contributed by atoms with Crippen LogP contribution in [0.25, 0.3) is 0 Å². The molecule has 0 saturated heterocycles. The van der Waals surface area contributed by atoms with Crippen LogP contribution in [0.5, 0.6) is 0 Å². The molecule has 0 fully saturated rings. The molecule has 0 saturated carbocycles. The number of nitrogens with one attached hydrogen (secondary N) is 2. The molecular formula is C21H21N5O3. The highest BCUT2D eigenvalue weighted by Gasteiger charge is 2.16. The van der Waals surface area contributed by atoms with Gasteiger partial charge in [-0.25, -0.2) is 14.8 Å². The van der Waals surface area contributed by atoms with E-state index in [4.69, 9.17) is 4.74 Å². The van der Waals surface area contributed by atoms with Gasteiger partial charge in [0.2, 0.25) is 0 Å². The highest BCUT2D eigenvalue weighted by Crippen LogP contribution is 2.18. The number of amides is 1. The van der Waals surface area contributed by atoms with E-state index >= 15 is 0 Å². The van der Waals surface area contributed by atoms with Crippen molar-refractivity contribution in [3.63, 3.8) is 0 Å². The number of carbonyl (C=O) groups is 2. The minimum atomic E-state index is -0.500. The van der Waals surface area contributed by atoms with Crippen molar-refractivity contribution in [1.29, 1.82) is 0 Å². The molecule has 0 spiro atoms. The largest absolute Gasteiger partial charge is 0.462 e. The average molecular weight is 391 g/mol. The van der Waals surface area contributed by atoms with Crippen LogP contribution in [-0.2, 0) is 11.3 Å². The highest BCUT2D eigenvalue weighted by atomic mass is 16.5. The fourth-order valence-electron chi connectivity index (χ4n) is 2.62. The Labute approximate surface area is 168 Å². The predicted octanol–water partition coefficient (Wildman–Crippen LogP) is 3.22. The number of hydrogen-bond acceptors (Lipinski definition) is 7. The van der Waals surface area contributed by atoms with Gasteiger partial charge in [0, 0.05) is 12.3 Å².